The molecule has 242 valence electrons. The highest BCUT2D eigenvalue weighted by Crippen LogP contribution is 2.48. The van der Waals surface area contributed by atoms with E-state index in [4.69, 9.17) is 21.1 Å². The van der Waals surface area contributed by atoms with Gasteiger partial charge in [-0.05, 0) is 91.3 Å². The molecule has 0 radical (unpaired) electrons. The van der Waals surface area contributed by atoms with E-state index in [0.717, 1.165) is 74.6 Å². The number of carbonyl (C=O) groups is 1. The molecule has 7 nitrogen and oxygen atoms in total. The molecule has 2 aromatic rings. The van der Waals surface area contributed by atoms with E-state index >= 15 is 0 Å². The van der Waals surface area contributed by atoms with Crippen molar-refractivity contribution in [1.29, 1.82) is 0 Å². The van der Waals surface area contributed by atoms with Crippen molar-refractivity contribution < 1.29 is 19.4 Å². The number of halogens is 1. The van der Waals surface area contributed by atoms with Gasteiger partial charge in [0.1, 0.15) is 5.75 Å². The van der Waals surface area contributed by atoms with Gasteiger partial charge in [-0.1, -0.05) is 42.5 Å². The largest absolute Gasteiger partial charge is 0.490 e. The highest BCUT2D eigenvalue weighted by atomic mass is 35.5. The lowest BCUT2D eigenvalue weighted by atomic mass is 9.68. The molecule has 1 spiro atoms. The Kier molecular flexibility index (Phi) is 8.99. The Morgan fingerprint density at radius 2 is 2.02 bits per heavy atom. The maximum absolute atomic E-state index is 13.8. The predicted octanol–water partition coefficient (Wildman–Crippen LogP) is 5.93. The van der Waals surface area contributed by atoms with Gasteiger partial charge in [0.2, 0.25) is 0 Å². The maximum Gasteiger partial charge on any atom is 0.259 e. The van der Waals surface area contributed by atoms with Gasteiger partial charge >= 0.3 is 0 Å². The number of likely N-dealkylation sites (N-methyl/N-ethyl adjacent to an activating group) is 1. The molecule has 2 aliphatic heterocycles. The Labute approximate surface area is 273 Å². The number of methoxy groups -OCH3 is 1. The van der Waals surface area contributed by atoms with Crippen LogP contribution in [0, 0.1) is 11.8 Å². The number of fused-ring (bicyclic) bond motifs is 4. The molecule has 0 aromatic heterocycles. The molecule has 1 N–H and O–H groups in total. The summed E-state index contributed by atoms with van der Waals surface area (Å²) >= 11 is 6.46. The molecule has 4 aliphatic rings. The highest BCUT2D eigenvalue weighted by molar-refractivity contribution is 6.30. The average Bonchev–Trinajstić information content (AvgIpc) is 3.16. The number of hydrogen-bond acceptors (Lipinski definition) is 6. The van der Waals surface area contributed by atoms with E-state index in [2.05, 4.69) is 35.8 Å². The van der Waals surface area contributed by atoms with E-state index in [9.17, 15) is 9.90 Å². The molecule has 2 bridgehead atoms. The van der Waals surface area contributed by atoms with Crippen molar-refractivity contribution in [3.63, 3.8) is 0 Å². The topological polar surface area (TPSA) is 65.5 Å². The Morgan fingerprint density at radius 1 is 1.20 bits per heavy atom. The summed E-state index contributed by atoms with van der Waals surface area (Å²) in [5.74, 6) is 1.28. The second kappa shape index (κ2) is 12.7. The predicted molar refractivity (Wildman–Crippen MR) is 180 cm³/mol. The van der Waals surface area contributed by atoms with Gasteiger partial charge in [0.15, 0.2) is 5.60 Å². The summed E-state index contributed by atoms with van der Waals surface area (Å²) in [6, 6.07) is 12.1. The van der Waals surface area contributed by atoms with Gasteiger partial charge in [-0.25, -0.2) is 0 Å². The number of aliphatic hydroxyl groups is 1. The van der Waals surface area contributed by atoms with Crippen LogP contribution in [0.3, 0.4) is 0 Å². The molecule has 1 amide bonds. The Balaban J connectivity index is 1.48. The minimum Gasteiger partial charge on any atom is -0.490 e. The van der Waals surface area contributed by atoms with Crippen molar-refractivity contribution in [2.45, 2.75) is 62.1 Å². The fourth-order valence-electron chi connectivity index (χ4n) is 8.06. The van der Waals surface area contributed by atoms with Gasteiger partial charge in [0.25, 0.3) is 5.91 Å². The third-order valence-corrected chi connectivity index (χ3v) is 11.1. The third-order valence-electron chi connectivity index (χ3n) is 10.9. The molecule has 2 aliphatic carbocycles. The highest BCUT2D eigenvalue weighted by Gasteiger charge is 2.46. The van der Waals surface area contributed by atoms with Crippen LogP contribution >= 0.6 is 11.6 Å². The van der Waals surface area contributed by atoms with E-state index < -0.39 is 5.60 Å². The number of aryl methyl sites for hydroxylation is 1. The zero-order chi connectivity index (χ0) is 31.9. The molecule has 1 fully saturated rings. The third kappa shape index (κ3) is 5.99. The summed E-state index contributed by atoms with van der Waals surface area (Å²) in [6.45, 7) is 7.22. The van der Waals surface area contributed by atoms with Gasteiger partial charge in [0.05, 0.1) is 18.4 Å². The molecule has 1 saturated carbocycles. The number of anilines is 1. The first-order valence-corrected chi connectivity index (χ1v) is 16.8. The van der Waals surface area contributed by atoms with Crippen LogP contribution in [-0.2, 0) is 27.0 Å². The molecule has 2 heterocycles. The zero-order valence-electron chi connectivity index (χ0n) is 27.2. The van der Waals surface area contributed by atoms with Crippen molar-refractivity contribution >= 4 is 23.2 Å². The van der Waals surface area contributed by atoms with Crippen LogP contribution < -0.4 is 9.64 Å². The lowest BCUT2D eigenvalue weighted by Gasteiger charge is -2.46. The first-order chi connectivity index (χ1) is 21.5. The van der Waals surface area contributed by atoms with Gasteiger partial charge in [-0.15, -0.1) is 0 Å². The Bertz CT molecular complexity index is 1480. The van der Waals surface area contributed by atoms with Crippen LogP contribution in [0.4, 0.5) is 5.69 Å². The van der Waals surface area contributed by atoms with Gasteiger partial charge < -0.3 is 29.3 Å². The maximum atomic E-state index is 13.8. The standard InChI is InChI=1S/C37H48ClN3O4/c1-25-21-37(43,35(42)39(2)3)28-12-16-34-32(20-28)41(22-27-11-14-30(27)33(44-5)10-6-7-18-40(25)4)23-36(24-45-34)17-8-9-26-19-29(38)13-15-31(26)36/h6,10,12-13,15-16,19-20,27,30,33,43H,1,7-9,11,14,17-18,21-24H2,2-5H3/b10-6+/t27-,30+,33-,36-,37+/m0/s1. The molecular weight excluding hydrogens is 586 g/mol. The first kappa shape index (κ1) is 32.0. The van der Waals surface area contributed by atoms with Crippen molar-refractivity contribution in [3.05, 3.63) is 82.5 Å². The molecule has 0 saturated heterocycles. The van der Waals surface area contributed by atoms with Gasteiger partial charge in [-0.2, -0.15) is 0 Å². The van der Waals surface area contributed by atoms with Crippen LogP contribution in [-0.4, -0.2) is 81.4 Å². The van der Waals surface area contributed by atoms with Crippen LogP contribution in [0.2, 0.25) is 5.02 Å². The second-order valence-corrected chi connectivity index (χ2v) is 14.4. The molecule has 5 atom stereocenters. The smallest absolute Gasteiger partial charge is 0.259 e. The van der Waals surface area contributed by atoms with Crippen molar-refractivity contribution in [2.24, 2.45) is 11.8 Å². The summed E-state index contributed by atoms with van der Waals surface area (Å²) in [4.78, 5) is 19.7. The first-order valence-electron chi connectivity index (χ1n) is 16.4. The summed E-state index contributed by atoms with van der Waals surface area (Å²) in [5.41, 5.74) is 2.83. The lowest BCUT2D eigenvalue weighted by Crippen LogP contribution is -2.49. The number of hydrogen-bond donors (Lipinski definition) is 1. The molecule has 2 aromatic carbocycles. The Morgan fingerprint density at radius 3 is 2.76 bits per heavy atom. The lowest BCUT2D eigenvalue weighted by molar-refractivity contribution is -0.150. The van der Waals surface area contributed by atoms with Gasteiger partial charge in [0, 0.05) is 70.4 Å². The SMILES string of the molecule is C=C1C[C@](O)(C(=O)N(C)C)c2ccc3c(c2)N(C[C@@H]2CC[C@H]2[C@@H](OC)/C=C/CCN1C)C[C@@]1(CCCc2cc(Cl)ccc21)CO3. The number of nitrogens with zero attached hydrogens (tertiary/aromatic N) is 3. The van der Waals surface area contributed by atoms with Crippen LogP contribution in [0.1, 0.15) is 55.2 Å². The normalized spacial score (nSPS) is 30.8. The second-order valence-electron chi connectivity index (χ2n) is 13.9. The summed E-state index contributed by atoms with van der Waals surface area (Å²) in [6.07, 6.45) is 10.8. The fraction of sp³-hybridized carbons (Fsp3) is 0.541. The average molecular weight is 634 g/mol. The Hall–Kier alpha value is -3.00. The van der Waals surface area contributed by atoms with E-state index in [1.165, 1.54) is 16.0 Å². The van der Waals surface area contributed by atoms with E-state index in [-0.39, 0.29) is 23.8 Å². The molecule has 8 heteroatoms. The van der Waals surface area contributed by atoms with Crippen LogP contribution in [0.15, 0.2) is 60.8 Å². The molecule has 45 heavy (non-hydrogen) atoms. The summed E-state index contributed by atoms with van der Waals surface area (Å²) in [7, 11) is 7.17. The van der Waals surface area contributed by atoms with Crippen molar-refractivity contribution in [3.8, 4) is 5.75 Å². The quantitative estimate of drug-likeness (QED) is 0.414. The van der Waals surface area contributed by atoms with E-state index in [1.807, 2.05) is 43.3 Å². The number of amides is 1. The van der Waals surface area contributed by atoms with E-state index in [0.29, 0.717) is 29.7 Å². The fourth-order valence-corrected chi connectivity index (χ4v) is 8.26. The zero-order valence-corrected chi connectivity index (χ0v) is 28.0. The number of benzene rings is 2. The molecule has 6 rings (SSSR count). The van der Waals surface area contributed by atoms with Crippen molar-refractivity contribution in [1.82, 2.24) is 9.80 Å². The number of ether oxygens (including phenoxy) is 2. The van der Waals surface area contributed by atoms with Crippen LogP contribution in [0.25, 0.3) is 0 Å². The monoisotopic (exact) mass is 633 g/mol. The number of rotatable bonds is 2. The van der Waals surface area contributed by atoms with E-state index in [1.54, 1.807) is 14.1 Å². The number of carbonyl (C=O) groups excluding carboxylic acids is 1. The molecule has 0 unspecified atom stereocenters. The summed E-state index contributed by atoms with van der Waals surface area (Å²) < 4.78 is 12.8. The van der Waals surface area contributed by atoms with Gasteiger partial charge in [-0.3, -0.25) is 4.79 Å². The summed E-state index contributed by atoms with van der Waals surface area (Å²) in [5, 5.41) is 13.1. The minimum atomic E-state index is -1.78. The van der Waals surface area contributed by atoms with Crippen LogP contribution in [0.5, 0.6) is 5.75 Å². The van der Waals surface area contributed by atoms with Crippen molar-refractivity contribution in [2.75, 3.05) is 59.4 Å². The molecular formula is C37H48ClN3O4. The minimum absolute atomic E-state index is 0.0634.